The van der Waals surface area contributed by atoms with Crippen LogP contribution in [0.2, 0.25) is 10.0 Å². The second-order valence-electron chi connectivity index (χ2n) is 7.84. The standard InChI is InChI=1S/C27H28Cl2N2O2/c1-2-30-27(33)25(17-21-11-7-4-8-12-21)31(19-22-14-15-23(28)18-24(22)29)26(32)16-13-20-9-5-3-6-10-20/h3-12,14-15,18,25H,2,13,16-17,19H2,1H3,(H,30,33)/t25-/m1/s1. The van der Waals surface area contributed by atoms with Crippen molar-refractivity contribution in [1.29, 1.82) is 0 Å². The molecule has 0 fully saturated rings. The Labute approximate surface area is 205 Å². The molecule has 0 aromatic heterocycles. The molecular formula is C27H28Cl2N2O2. The molecule has 3 aromatic carbocycles. The third-order valence-electron chi connectivity index (χ3n) is 5.45. The maximum atomic E-state index is 13.5. The molecule has 0 bridgehead atoms. The fourth-order valence-corrected chi connectivity index (χ4v) is 4.19. The van der Waals surface area contributed by atoms with E-state index < -0.39 is 6.04 Å². The summed E-state index contributed by atoms with van der Waals surface area (Å²) in [4.78, 5) is 28.3. The van der Waals surface area contributed by atoms with Crippen LogP contribution in [0.4, 0.5) is 0 Å². The lowest BCUT2D eigenvalue weighted by Gasteiger charge is -2.32. The summed E-state index contributed by atoms with van der Waals surface area (Å²) < 4.78 is 0. The number of amides is 2. The van der Waals surface area contributed by atoms with Crippen LogP contribution in [0.5, 0.6) is 0 Å². The van der Waals surface area contributed by atoms with Gasteiger partial charge in [-0.05, 0) is 42.2 Å². The van der Waals surface area contributed by atoms with Crippen LogP contribution in [0.15, 0.2) is 78.9 Å². The van der Waals surface area contributed by atoms with Crippen LogP contribution in [0.25, 0.3) is 0 Å². The van der Waals surface area contributed by atoms with E-state index in [9.17, 15) is 9.59 Å². The Hall–Kier alpha value is -2.82. The summed E-state index contributed by atoms with van der Waals surface area (Å²) >= 11 is 12.5. The summed E-state index contributed by atoms with van der Waals surface area (Å²) in [7, 11) is 0. The van der Waals surface area contributed by atoms with Gasteiger partial charge in [-0.25, -0.2) is 0 Å². The minimum atomic E-state index is -0.664. The van der Waals surface area contributed by atoms with Crippen LogP contribution in [0.3, 0.4) is 0 Å². The zero-order valence-electron chi connectivity index (χ0n) is 18.6. The number of carbonyl (C=O) groups is 2. The molecule has 0 aliphatic rings. The van der Waals surface area contributed by atoms with Gasteiger partial charge in [0.15, 0.2) is 0 Å². The number of benzene rings is 3. The number of nitrogens with zero attached hydrogens (tertiary/aromatic N) is 1. The summed E-state index contributed by atoms with van der Waals surface area (Å²) in [6.45, 7) is 2.57. The van der Waals surface area contributed by atoms with E-state index in [1.54, 1.807) is 23.1 Å². The molecule has 33 heavy (non-hydrogen) atoms. The van der Waals surface area contributed by atoms with Gasteiger partial charge in [0, 0.05) is 36.0 Å². The first-order valence-corrected chi connectivity index (χ1v) is 11.8. The Balaban J connectivity index is 1.91. The fourth-order valence-electron chi connectivity index (χ4n) is 3.72. The van der Waals surface area contributed by atoms with Crippen molar-refractivity contribution in [3.63, 3.8) is 0 Å². The number of carbonyl (C=O) groups excluding carboxylic acids is 2. The highest BCUT2D eigenvalue weighted by Crippen LogP contribution is 2.24. The first-order chi connectivity index (χ1) is 16.0. The highest BCUT2D eigenvalue weighted by molar-refractivity contribution is 6.35. The average molecular weight is 483 g/mol. The van der Waals surface area contributed by atoms with Gasteiger partial charge < -0.3 is 10.2 Å². The van der Waals surface area contributed by atoms with Gasteiger partial charge in [0.25, 0.3) is 0 Å². The molecule has 0 unspecified atom stereocenters. The van der Waals surface area contributed by atoms with Gasteiger partial charge in [0.1, 0.15) is 6.04 Å². The number of hydrogen-bond donors (Lipinski definition) is 1. The van der Waals surface area contributed by atoms with Crippen LogP contribution in [0.1, 0.15) is 30.0 Å². The van der Waals surface area contributed by atoms with Crippen molar-refractivity contribution in [2.75, 3.05) is 6.54 Å². The SMILES string of the molecule is CCNC(=O)[C@@H](Cc1ccccc1)N(Cc1ccc(Cl)cc1Cl)C(=O)CCc1ccccc1. The molecule has 0 spiro atoms. The van der Waals surface area contributed by atoms with Gasteiger partial charge in [0.2, 0.25) is 11.8 Å². The van der Waals surface area contributed by atoms with Gasteiger partial charge in [-0.15, -0.1) is 0 Å². The van der Waals surface area contributed by atoms with Crippen LogP contribution in [-0.4, -0.2) is 29.3 Å². The Kier molecular flexibility index (Phi) is 9.35. The number of halogens is 2. The number of likely N-dealkylation sites (N-methyl/N-ethyl adjacent to an activating group) is 1. The van der Waals surface area contributed by atoms with E-state index in [4.69, 9.17) is 23.2 Å². The number of nitrogens with one attached hydrogen (secondary N) is 1. The molecule has 1 atom stereocenters. The lowest BCUT2D eigenvalue weighted by Crippen LogP contribution is -2.50. The Morgan fingerprint density at radius 1 is 0.909 bits per heavy atom. The van der Waals surface area contributed by atoms with Crippen molar-refractivity contribution < 1.29 is 9.59 Å². The summed E-state index contributed by atoms with van der Waals surface area (Å²) in [6.07, 6.45) is 1.30. The molecule has 0 radical (unpaired) electrons. The summed E-state index contributed by atoms with van der Waals surface area (Å²) in [5, 5.41) is 3.89. The molecule has 6 heteroatoms. The molecular weight excluding hydrogens is 455 g/mol. The predicted octanol–water partition coefficient (Wildman–Crippen LogP) is 5.70. The minimum absolute atomic E-state index is 0.1000. The monoisotopic (exact) mass is 482 g/mol. The van der Waals surface area contributed by atoms with Crippen molar-refractivity contribution in [2.24, 2.45) is 0 Å². The van der Waals surface area contributed by atoms with Crippen molar-refractivity contribution in [3.05, 3.63) is 106 Å². The Morgan fingerprint density at radius 2 is 1.55 bits per heavy atom. The number of hydrogen-bond acceptors (Lipinski definition) is 2. The first kappa shape index (κ1) is 24.8. The van der Waals surface area contributed by atoms with E-state index in [1.807, 2.05) is 67.6 Å². The number of rotatable bonds is 10. The van der Waals surface area contributed by atoms with Gasteiger partial charge in [-0.1, -0.05) is 89.9 Å². The third kappa shape index (κ3) is 7.34. The van der Waals surface area contributed by atoms with Gasteiger partial charge in [-0.2, -0.15) is 0 Å². The molecule has 0 aliphatic carbocycles. The quantitative estimate of drug-likeness (QED) is 0.402. The third-order valence-corrected chi connectivity index (χ3v) is 6.04. The average Bonchev–Trinajstić information content (AvgIpc) is 2.82. The summed E-state index contributed by atoms with van der Waals surface area (Å²) in [5.41, 5.74) is 2.81. The van der Waals surface area contributed by atoms with E-state index in [0.717, 1.165) is 16.7 Å². The molecule has 4 nitrogen and oxygen atoms in total. The summed E-state index contributed by atoms with van der Waals surface area (Å²) in [6, 6.07) is 24.1. The van der Waals surface area contributed by atoms with Gasteiger partial charge >= 0.3 is 0 Å². The normalized spacial score (nSPS) is 11.6. The molecule has 1 N–H and O–H groups in total. The van der Waals surface area contributed by atoms with Crippen molar-refractivity contribution in [2.45, 2.75) is 38.8 Å². The molecule has 172 valence electrons. The van der Waals surface area contributed by atoms with E-state index in [2.05, 4.69) is 5.32 Å². The molecule has 2 amide bonds. The van der Waals surface area contributed by atoms with E-state index in [-0.39, 0.29) is 18.4 Å². The molecule has 3 rings (SSSR count). The maximum Gasteiger partial charge on any atom is 0.243 e. The van der Waals surface area contributed by atoms with E-state index in [1.165, 1.54) is 0 Å². The molecule has 0 heterocycles. The van der Waals surface area contributed by atoms with Crippen molar-refractivity contribution >= 4 is 35.0 Å². The predicted molar refractivity (Wildman–Crippen MR) is 134 cm³/mol. The van der Waals surface area contributed by atoms with E-state index in [0.29, 0.717) is 35.9 Å². The van der Waals surface area contributed by atoms with E-state index >= 15 is 0 Å². The second kappa shape index (κ2) is 12.4. The van der Waals surface area contributed by atoms with Gasteiger partial charge in [0.05, 0.1) is 0 Å². The smallest absolute Gasteiger partial charge is 0.243 e. The molecule has 3 aromatic rings. The highest BCUT2D eigenvalue weighted by atomic mass is 35.5. The minimum Gasteiger partial charge on any atom is -0.355 e. The maximum absolute atomic E-state index is 13.5. The van der Waals surface area contributed by atoms with Crippen LogP contribution in [0, 0.1) is 0 Å². The van der Waals surface area contributed by atoms with Crippen LogP contribution in [-0.2, 0) is 29.0 Å². The largest absolute Gasteiger partial charge is 0.355 e. The lowest BCUT2D eigenvalue weighted by atomic mass is 10.0. The topological polar surface area (TPSA) is 49.4 Å². The highest BCUT2D eigenvalue weighted by Gasteiger charge is 2.30. The zero-order chi connectivity index (χ0) is 23.6. The van der Waals surface area contributed by atoms with Crippen molar-refractivity contribution in [3.8, 4) is 0 Å². The second-order valence-corrected chi connectivity index (χ2v) is 8.69. The van der Waals surface area contributed by atoms with Gasteiger partial charge in [-0.3, -0.25) is 9.59 Å². The van der Waals surface area contributed by atoms with Crippen LogP contribution < -0.4 is 5.32 Å². The van der Waals surface area contributed by atoms with Crippen molar-refractivity contribution in [1.82, 2.24) is 10.2 Å². The fraction of sp³-hybridized carbons (Fsp3) is 0.259. The molecule has 0 aliphatic heterocycles. The summed E-state index contributed by atoms with van der Waals surface area (Å²) in [5.74, 6) is -0.281. The zero-order valence-corrected chi connectivity index (χ0v) is 20.1. The molecule has 0 saturated heterocycles. The Morgan fingerprint density at radius 3 is 2.15 bits per heavy atom. The lowest BCUT2D eigenvalue weighted by molar-refractivity contribution is -0.141. The Bertz CT molecular complexity index is 1060. The first-order valence-electron chi connectivity index (χ1n) is 11.1. The van der Waals surface area contributed by atoms with Crippen LogP contribution >= 0.6 is 23.2 Å². The molecule has 0 saturated carbocycles. The number of aryl methyl sites for hydroxylation is 1.